The topological polar surface area (TPSA) is 86.8 Å². The van der Waals surface area contributed by atoms with Crippen LogP contribution in [0.15, 0.2) is 72.8 Å². The van der Waals surface area contributed by atoms with Gasteiger partial charge < -0.3 is 10.2 Å². The van der Waals surface area contributed by atoms with Crippen LogP contribution < -0.4 is 9.62 Å². The van der Waals surface area contributed by atoms with Crippen molar-refractivity contribution in [1.29, 1.82) is 0 Å². The van der Waals surface area contributed by atoms with Gasteiger partial charge in [0.05, 0.1) is 11.9 Å². The van der Waals surface area contributed by atoms with E-state index in [1.165, 1.54) is 4.90 Å². The van der Waals surface area contributed by atoms with Crippen LogP contribution in [0.2, 0.25) is 5.02 Å². The second kappa shape index (κ2) is 12.8. The Kier molecular flexibility index (Phi) is 9.92. The minimum Gasteiger partial charge on any atom is -0.350 e. The normalized spacial score (nSPS) is 12.5. The molecule has 0 saturated carbocycles. The quantitative estimate of drug-likeness (QED) is 0.362. The summed E-state index contributed by atoms with van der Waals surface area (Å²) in [6.07, 6.45) is 1.00. The summed E-state index contributed by atoms with van der Waals surface area (Å²) in [7, 11) is -4.11. The van der Waals surface area contributed by atoms with Gasteiger partial charge in [0.2, 0.25) is 21.8 Å². The monoisotopic (exact) mass is 591 g/mol. The average molecular weight is 592 g/mol. The van der Waals surface area contributed by atoms with Crippen molar-refractivity contribution in [1.82, 2.24) is 10.2 Å². The minimum atomic E-state index is -4.11. The maximum absolute atomic E-state index is 14.0. The molecule has 0 heterocycles. The molecular weight excluding hydrogens is 560 g/mol. The summed E-state index contributed by atoms with van der Waals surface area (Å²) in [5.74, 6) is -3.56. The molecule has 0 aliphatic heterocycles. The highest BCUT2D eigenvalue weighted by molar-refractivity contribution is 7.92. The first kappa shape index (κ1) is 31.0. The maximum Gasteiger partial charge on any atom is 0.244 e. The van der Waals surface area contributed by atoms with Gasteiger partial charge in [-0.3, -0.25) is 13.9 Å². The fourth-order valence-electron chi connectivity index (χ4n) is 4.05. The van der Waals surface area contributed by atoms with E-state index in [4.69, 9.17) is 11.6 Å². The Morgan fingerprint density at radius 2 is 1.55 bits per heavy atom. The summed E-state index contributed by atoms with van der Waals surface area (Å²) in [5, 5.41) is 3.40. The van der Waals surface area contributed by atoms with Crippen molar-refractivity contribution in [2.45, 2.75) is 45.3 Å². The summed E-state index contributed by atoms with van der Waals surface area (Å²) in [5.41, 5.74) is 0.593. The highest BCUT2D eigenvalue weighted by Gasteiger charge is 2.34. The molecule has 3 aromatic rings. The molecule has 0 fully saturated rings. The lowest BCUT2D eigenvalue weighted by molar-refractivity contribution is -0.140. The first-order chi connectivity index (χ1) is 18.6. The van der Waals surface area contributed by atoms with Gasteiger partial charge in [-0.15, -0.1) is 0 Å². The Balaban J connectivity index is 2.08. The fraction of sp³-hybridized carbons (Fsp3) is 0.310. The number of nitrogens with one attached hydrogen (secondary N) is 1. The molecule has 0 aromatic heterocycles. The molecule has 1 atom stereocenters. The highest BCUT2D eigenvalue weighted by atomic mass is 35.5. The molecule has 1 N–H and O–H groups in total. The van der Waals surface area contributed by atoms with Crippen molar-refractivity contribution in [3.63, 3.8) is 0 Å². The van der Waals surface area contributed by atoms with E-state index in [1.54, 1.807) is 24.3 Å². The van der Waals surface area contributed by atoms with Crippen LogP contribution in [0.5, 0.6) is 0 Å². The van der Waals surface area contributed by atoms with E-state index in [2.05, 4.69) is 5.32 Å². The Morgan fingerprint density at radius 3 is 2.10 bits per heavy atom. The lowest BCUT2D eigenvalue weighted by Crippen LogP contribution is -2.56. The standard InChI is InChI=1S/C29H32ClF2N3O4S/c1-29(2,3)33-28(37)26(16-20-8-6-5-7-9-20)34(18-21-10-12-22(30)13-11-21)27(36)19-35(40(4,38)39)23-14-15-24(31)25(32)17-23/h5-15,17,26H,16,18-19H2,1-4H3,(H,33,37). The fourth-order valence-corrected chi connectivity index (χ4v) is 5.01. The Morgan fingerprint density at radius 1 is 0.925 bits per heavy atom. The zero-order valence-corrected chi connectivity index (χ0v) is 24.3. The van der Waals surface area contributed by atoms with Gasteiger partial charge in [0.1, 0.15) is 12.6 Å². The molecule has 2 amide bonds. The molecule has 0 aliphatic rings. The maximum atomic E-state index is 14.0. The van der Waals surface area contributed by atoms with Crippen LogP contribution in [-0.4, -0.2) is 49.5 Å². The van der Waals surface area contributed by atoms with Gasteiger partial charge in [0.25, 0.3) is 0 Å². The molecule has 0 radical (unpaired) electrons. The highest BCUT2D eigenvalue weighted by Crippen LogP contribution is 2.23. The van der Waals surface area contributed by atoms with Crippen molar-refractivity contribution in [3.05, 3.63) is 101 Å². The van der Waals surface area contributed by atoms with E-state index in [-0.39, 0.29) is 18.7 Å². The molecule has 0 saturated heterocycles. The van der Waals surface area contributed by atoms with E-state index in [0.29, 0.717) is 21.0 Å². The number of rotatable bonds is 10. The third kappa shape index (κ3) is 8.76. The van der Waals surface area contributed by atoms with E-state index < -0.39 is 51.6 Å². The van der Waals surface area contributed by atoms with Gasteiger partial charge in [-0.25, -0.2) is 17.2 Å². The molecule has 0 spiro atoms. The van der Waals surface area contributed by atoms with E-state index in [1.807, 2.05) is 51.1 Å². The number of halogens is 3. The summed E-state index contributed by atoms with van der Waals surface area (Å²) >= 11 is 6.04. The van der Waals surface area contributed by atoms with Crippen molar-refractivity contribution in [2.24, 2.45) is 0 Å². The van der Waals surface area contributed by atoms with Gasteiger partial charge in [-0.2, -0.15) is 0 Å². The lowest BCUT2D eigenvalue weighted by Gasteiger charge is -2.35. The van der Waals surface area contributed by atoms with Gasteiger partial charge in [-0.1, -0.05) is 54.1 Å². The van der Waals surface area contributed by atoms with Gasteiger partial charge in [-0.05, 0) is 56.2 Å². The number of hydrogen-bond donors (Lipinski definition) is 1. The van der Waals surface area contributed by atoms with Gasteiger partial charge >= 0.3 is 0 Å². The zero-order valence-electron chi connectivity index (χ0n) is 22.7. The summed E-state index contributed by atoms with van der Waals surface area (Å²) in [6.45, 7) is 4.64. The number of sulfonamides is 1. The van der Waals surface area contributed by atoms with Crippen LogP contribution in [0, 0.1) is 11.6 Å². The average Bonchev–Trinajstić information content (AvgIpc) is 2.86. The molecule has 7 nitrogen and oxygen atoms in total. The molecule has 3 aromatic carbocycles. The van der Waals surface area contributed by atoms with Crippen molar-refractivity contribution < 1.29 is 26.8 Å². The third-order valence-electron chi connectivity index (χ3n) is 5.91. The van der Waals surface area contributed by atoms with Crippen LogP contribution in [-0.2, 0) is 32.6 Å². The minimum absolute atomic E-state index is 0.0412. The second-order valence-corrected chi connectivity index (χ2v) is 12.8. The van der Waals surface area contributed by atoms with Gasteiger partial charge in [0, 0.05) is 29.6 Å². The van der Waals surface area contributed by atoms with Crippen LogP contribution in [0.4, 0.5) is 14.5 Å². The smallest absolute Gasteiger partial charge is 0.244 e. The SMILES string of the molecule is CC(C)(C)NC(=O)C(Cc1ccccc1)N(Cc1ccc(Cl)cc1)C(=O)CN(c1ccc(F)c(F)c1)S(C)(=O)=O. The van der Waals surface area contributed by atoms with Crippen molar-refractivity contribution in [2.75, 3.05) is 17.1 Å². The molecule has 11 heteroatoms. The summed E-state index contributed by atoms with van der Waals surface area (Å²) in [4.78, 5) is 28.9. The Bertz CT molecular complexity index is 1450. The number of benzene rings is 3. The molecule has 0 aliphatic carbocycles. The van der Waals surface area contributed by atoms with E-state index in [0.717, 1.165) is 24.0 Å². The van der Waals surface area contributed by atoms with E-state index >= 15 is 0 Å². The molecule has 1 unspecified atom stereocenters. The summed E-state index contributed by atoms with van der Waals surface area (Å²) < 4.78 is 53.7. The predicted molar refractivity (Wildman–Crippen MR) is 152 cm³/mol. The number of hydrogen-bond acceptors (Lipinski definition) is 4. The third-order valence-corrected chi connectivity index (χ3v) is 7.30. The number of anilines is 1. The molecule has 3 rings (SSSR count). The van der Waals surface area contributed by atoms with Crippen molar-refractivity contribution >= 4 is 39.1 Å². The molecule has 40 heavy (non-hydrogen) atoms. The largest absolute Gasteiger partial charge is 0.350 e. The number of carbonyl (C=O) groups excluding carboxylic acids is 2. The Labute approximate surface area is 238 Å². The molecule has 214 valence electrons. The molecule has 0 bridgehead atoms. The van der Waals surface area contributed by atoms with Gasteiger partial charge in [0.15, 0.2) is 11.6 Å². The first-order valence-electron chi connectivity index (χ1n) is 12.5. The Hall–Kier alpha value is -3.50. The van der Waals surface area contributed by atoms with Crippen LogP contribution in [0.1, 0.15) is 31.9 Å². The predicted octanol–water partition coefficient (Wildman–Crippen LogP) is 4.94. The number of amides is 2. The second-order valence-electron chi connectivity index (χ2n) is 10.5. The van der Waals surface area contributed by atoms with E-state index in [9.17, 15) is 26.8 Å². The summed E-state index contributed by atoms with van der Waals surface area (Å²) in [6, 6.07) is 17.3. The number of nitrogens with zero attached hydrogens (tertiary/aromatic N) is 2. The lowest BCUT2D eigenvalue weighted by atomic mass is 10.0. The van der Waals surface area contributed by atoms with Crippen LogP contribution in [0.3, 0.4) is 0 Å². The first-order valence-corrected chi connectivity index (χ1v) is 14.7. The molecular formula is C29H32ClF2N3O4S. The van der Waals surface area contributed by atoms with Crippen LogP contribution in [0.25, 0.3) is 0 Å². The zero-order chi connectivity index (χ0) is 29.7. The van der Waals surface area contributed by atoms with Crippen molar-refractivity contribution in [3.8, 4) is 0 Å². The number of carbonyl (C=O) groups is 2. The van der Waals surface area contributed by atoms with Crippen LogP contribution >= 0.6 is 11.6 Å².